The van der Waals surface area contributed by atoms with E-state index in [1.807, 2.05) is 0 Å². The first-order chi connectivity index (χ1) is 16.9. The van der Waals surface area contributed by atoms with Crippen molar-refractivity contribution in [2.45, 2.75) is 43.1 Å². The fraction of sp³-hybridized carbons (Fsp3) is 0.450. The molecule has 0 amide bonds. The normalized spacial score (nSPS) is 26.2. The fourth-order valence-electron chi connectivity index (χ4n) is 3.42. The largest absolute Gasteiger partial charge is 0.465 e. The van der Waals surface area contributed by atoms with Crippen molar-refractivity contribution in [3.05, 3.63) is 63.2 Å². The molecule has 196 valence electrons. The van der Waals surface area contributed by atoms with E-state index in [1.165, 1.54) is 26.9 Å². The van der Waals surface area contributed by atoms with E-state index in [4.69, 9.17) is 30.1 Å². The lowest BCUT2D eigenvalue weighted by Crippen LogP contribution is -2.45. The Hall–Kier alpha value is -2.48. The summed E-state index contributed by atoms with van der Waals surface area (Å²) < 4.78 is 47.8. The summed E-state index contributed by atoms with van der Waals surface area (Å²) in [7, 11) is -2.93. The number of halogens is 2. The van der Waals surface area contributed by atoms with E-state index in [1.54, 1.807) is 6.92 Å². The lowest BCUT2D eigenvalue weighted by molar-refractivity contribution is -0.144. The third-order valence-electron chi connectivity index (χ3n) is 5.26. The van der Waals surface area contributed by atoms with Crippen molar-refractivity contribution in [3.63, 3.8) is 0 Å². The molecule has 1 unspecified atom stereocenters. The van der Waals surface area contributed by atoms with Gasteiger partial charge in [0.25, 0.3) is 5.56 Å². The van der Waals surface area contributed by atoms with Crippen molar-refractivity contribution in [1.82, 2.24) is 14.6 Å². The highest BCUT2D eigenvalue weighted by atomic mass is 35.5. The zero-order chi connectivity index (χ0) is 26.7. The van der Waals surface area contributed by atoms with Crippen LogP contribution in [0.4, 0.5) is 4.39 Å². The van der Waals surface area contributed by atoms with Gasteiger partial charge in [-0.3, -0.25) is 23.7 Å². The molecule has 0 bridgehead atoms. The molecule has 3 rings (SSSR count). The molecule has 16 heteroatoms. The minimum atomic E-state index is -4.34. The van der Waals surface area contributed by atoms with Crippen molar-refractivity contribution in [2.24, 2.45) is 0 Å². The number of nitrogens with zero attached hydrogens (tertiary/aromatic N) is 1. The minimum absolute atomic E-state index is 0.0315. The van der Waals surface area contributed by atoms with E-state index in [0.717, 1.165) is 29.0 Å². The number of aromatic amines is 1. The number of rotatable bonds is 10. The average molecular weight is 548 g/mol. The lowest BCUT2D eigenvalue weighted by Gasteiger charge is -2.26. The number of hydrogen-bond donors (Lipinski definition) is 3. The minimum Gasteiger partial charge on any atom is -0.465 e. The van der Waals surface area contributed by atoms with Crippen LogP contribution >= 0.6 is 19.3 Å². The molecule has 0 radical (unpaired) electrons. The number of esters is 1. The number of carbonyl (C=O) groups is 1. The van der Waals surface area contributed by atoms with Crippen molar-refractivity contribution >= 4 is 33.2 Å². The molecule has 1 aromatic heterocycles. The molecule has 0 spiro atoms. The van der Waals surface area contributed by atoms with Gasteiger partial charge in [0, 0.05) is 12.3 Å². The molecule has 0 saturated carbocycles. The van der Waals surface area contributed by atoms with Crippen molar-refractivity contribution in [1.29, 1.82) is 0 Å². The van der Waals surface area contributed by atoms with Crippen LogP contribution in [0, 0.1) is 5.82 Å². The van der Waals surface area contributed by atoms with Gasteiger partial charge < -0.3 is 19.1 Å². The third-order valence-corrected chi connectivity index (χ3v) is 7.31. The Morgan fingerprint density at radius 2 is 2.06 bits per heavy atom. The first-order valence-corrected chi connectivity index (χ1v) is 12.8. The molecule has 1 fully saturated rings. The summed E-state index contributed by atoms with van der Waals surface area (Å²) >= 11 is 6.49. The number of carbonyl (C=O) groups excluding carboxylic acids is 1. The smallest absolute Gasteiger partial charge is 0.459 e. The van der Waals surface area contributed by atoms with Crippen LogP contribution in [-0.4, -0.2) is 64.7 Å². The maximum atomic E-state index is 13.5. The summed E-state index contributed by atoms with van der Waals surface area (Å²) in [5.41, 5.74) is -1.45. The number of H-pyrrole nitrogens is 1. The highest BCUT2D eigenvalue weighted by Gasteiger charge is 2.53. The van der Waals surface area contributed by atoms with Gasteiger partial charge in [-0.2, -0.15) is 5.09 Å². The van der Waals surface area contributed by atoms with Gasteiger partial charge in [-0.1, -0.05) is 0 Å². The Morgan fingerprint density at radius 3 is 2.67 bits per heavy atom. The number of aromatic nitrogens is 2. The van der Waals surface area contributed by atoms with Crippen LogP contribution in [0.5, 0.6) is 5.75 Å². The molecule has 1 saturated heterocycles. The molecule has 1 aliphatic heterocycles. The number of hydrogen-bond acceptors (Lipinski definition) is 9. The van der Waals surface area contributed by atoms with Crippen LogP contribution in [0.3, 0.4) is 0 Å². The third kappa shape index (κ3) is 6.44. The topological polar surface area (TPSA) is 158 Å². The monoisotopic (exact) mass is 547 g/mol. The van der Waals surface area contributed by atoms with Gasteiger partial charge in [-0.05, 0) is 38.1 Å². The lowest BCUT2D eigenvalue weighted by atomic mass is 9.79. The number of aliphatic hydroxyl groups excluding tert-OH is 1. The van der Waals surface area contributed by atoms with Crippen LogP contribution in [0.1, 0.15) is 20.1 Å². The van der Waals surface area contributed by atoms with E-state index >= 15 is 0 Å². The van der Waals surface area contributed by atoms with E-state index in [9.17, 15) is 28.4 Å². The number of benzene rings is 1. The van der Waals surface area contributed by atoms with Crippen LogP contribution in [0.15, 0.2) is 46.1 Å². The first kappa shape index (κ1) is 28.1. The van der Waals surface area contributed by atoms with Gasteiger partial charge in [-0.15, -0.1) is 11.6 Å². The first-order valence-electron chi connectivity index (χ1n) is 10.8. The molecule has 1 aromatic carbocycles. The van der Waals surface area contributed by atoms with E-state index < -0.39 is 66.6 Å². The summed E-state index contributed by atoms with van der Waals surface area (Å²) in [5, 5.41) is 13.2. The number of aliphatic hydroxyl groups is 1. The van der Waals surface area contributed by atoms with Gasteiger partial charge in [-0.25, -0.2) is 13.8 Å². The maximum absolute atomic E-state index is 13.5. The molecule has 0 aliphatic carbocycles. The van der Waals surface area contributed by atoms with Crippen molar-refractivity contribution in [3.8, 4) is 5.75 Å². The number of ether oxygens (including phenoxy) is 2. The highest BCUT2D eigenvalue weighted by molar-refractivity contribution is 7.52. The van der Waals surface area contributed by atoms with Crippen LogP contribution in [0.25, 0.3) is 0 Å². The molecular weight excluding hydrogens is 522 g/mol. The second kappa shape index (κ2) is 11.3. The summed E-state index contributed by atoms with van der Waals surface area (Å²) in [4.78, 5) is 37.7. The van der Waals surface area contributed by atoms with Gasteiger partial charge in [0.15, 0.2) is 6.23 Å². The molecule has 1 aliphatic rings. The number of alkyl halides is 1. The Labute approximate surface area is 210 Å². The van der Waals surface area contributed by atoms with Crippen molar-refractivity contribution < 1.29 is 37.4 Å². The second-order valence-corrected chi connectivity index (χ2v) is 10.6. The Balaban J connectivity index is 1.81. The predicted molar refractivity (Wildman–Crippen MR) is 128 cm³/mol. The Bertz CT molecular complexity index is 1240. The molecule has 3 N–H and O–H groups in total. The average Bonchev–Trinajstić information content (AvgIpc) is 3.03. The standard InChI is InChI=1S/C20H25BClFN3O9P/c1-3-32-17(29)11(2)25-36(31,35-13-6-4-12(23)5-7-13)33-10-14-16(28)20(21,22)18(34-14)26-9-8-15(27)24-19(26)30/h4-9,11,14,16,18,28H,3,10,21H2,1-2H3,(H,25,31)(H,24,27,30)/t11-,14+,16+,18+,20-,36?/m0/s1. The molecule has 2 aromatic rings. The molecule has 2 heterocycles. The molecule has 36 heavy (non-hydrogen) atoms. The van der Waals surface area contributed by atoms with Crippen molar-refractivity contribution in [2.75, 3.05) is 13.2 Å². The quantitative estimate of drug-likeness (QED) is 0.163. The predicted octanol–water partition coefficient (Wildman–Crippen LogP) is 0.247. The highest BCUT2D eigenvalue weighted by Crippen LogP contribution is 2.47. The van der Waals surface area contributed by atoms with E-state index in [0.29, 0.717) is 0 Å². The van der Waals surface area contributed by atoms with Crippen LogP contribution in [0.2, 0.25) is 0 Å². The van der Waals surface area contributed by atoms with Crippen LogP contribution < -0.4 is 20.9 Å². The summed E-state index contributed by atoms with van der Waals surface area (Å²) in [6, 6.07) is 4.51. The maximum Gasteiger partial charge on any atom is 0.459 e. The fourth-order valence-corrected chi connectivity index (χ4v) is 5.21. The van der Waals surface area contributed by atoms with E-state index in [2.05, 4.69) is 10.1 Å². The summed E-state index contributed by atoms with van der Waals surface area (Å²) in [5.74, 6) is -1.32. The zero-order valence-electron chi connectivity index (χ0n) is 19.6. The zero-order valence-corrected chi connectivity index (χ0v) is 21.2. The Morgan fingerprint density at radius 1 is 1.39 bits per heavy atom. The van der Waals surface area contributed by atoms with Gasteiger partial charge >= 0.3 is 19.4 Å². The van der Waals surface area contributed by atoms with Gasteiger partial charge in [0.05, 0.1) is 24.1 Å². The summed E-state index contributed by atoms with van der Waals surface area (Å²) in [6.07, 6.45) is -2.70. The van der Waals surface area contributed by atoms with Gasteiger partial charge in [0.2, 0.25) is 0 Å². The molecular formula is C20H25BClFN3O9P. The molecule has 6 atom stereocenters. The number of nitrogens with one attached hydrogen (secondary N) is 2. The van der Waals surface area contributed by atoms with Gasteiger partial charge in [0.1, 0.15) is 31.6 Å². The molecule has 12 nitrogen and oxygen atoms in total. The SMILES string of the molecule is B[C@]1(Cl)[C@H](O)[C@@H](COP(=O)(N[C@@H](C)C(=O)OCC)Oc2ccc(F)cc2)O[C@H]1n1ccc(=O)[nH]c1=O. The Kier molecular flexibility index (Phi) is 8.81. The summed E-state index contributed by atoms with van der Waals surface area (Å²) in [6.45, 7) is 2.50. The van der Waals surface area contributed by atoms with Crippen LogP contribution in [-0.2, 0) is 23.4 Å². The van der Waals surface area contributed by atoms with E-state index in [-0.39, 0.29) is 12.4 Å². The second-order valence-electron chi connectivity index (χ2n) is 8.08.